The SMILES string of the molecule is CCCCC(CC)CO[P+](=O)OCC(CC)CCCC.[Cl-].[Na+]. The molecule has 2 atom stereocenters. The summed E-state index contributed by atoms with van der Waals surface area (Å²) in [6.07, 6.45) is 9.31. The van der Waals surface area contributed by atoms with E-state index in [1.54, 1.807) is 0 Å². The van der Waals surface area contributed by atoms with Gasteiger partial charge in [0.15, 0.2) is 0 Å². The van der Waals surface area contributed by atoms with Gasteiger partial charge in [0.1, 0.15) is 13.2 Å². The quantitative estimate of drug-likeness (QED) is 0.325. The molecule has 2 unspecified atom stereocenters. The van der Waals surface area contributed by atoms with Crippen LogP contribution in [-0.2, 0) is 13.6 Å². The van der Waals surface area contributed by atoms with Crippen LogP contribution in [0.25, 0.3) is 0 Å². The molecule has 128 valence electrons. The van der Waals surface area contributed by atoms with Crippen molar-refractivity contribution in [1.29, 1.82) is 0 Å². The zero-order chi connectivity index (χ0) is 15.2. The van der Waals surface area contributed by atoms with E-state index in [9.17, 15) is 4.57 Å². The fourth-order valence-corrected chi connectivity index (χ4v) is 2.91. The van der Waals surface area contributed by atoms with Gasteiger partial charge in [-0.25, -0.2) is 0 Å². The first-order valence-electron chi connectivity index (χ1n) is 8.40. The maximum atomic E-state index is 11.7. The summed E-state index contributed by atoms with van der Waals surface area (Å²) in [5.41, 5.74) is 0. The van der Waals surface area contributed by atoms with Gasteiger partial charge >= 0.3 is 37.8 Å². The Bertz CT molecular complexity index is 223. The Hall–Kier alpha value is 1.31. The summed E-state index contributed by atoms with van der Waals surface area (Å²) < 4.78 is 22.5. The first-order chi connectivity index (χ1) is 9.67. The van der Waals surface area contributed by atoms with Gasteiger partial charge in [-0.2, -0.15) is 0 Å². The van der Waals surface area contributed by atoms with Crippen molar-refractivity contribution in [2.24, 2.45) is 11.8 Å². The van der Waals surface area contributed by atoms with Crippen molar-refractivity contribution in [2.45, 2.75) is 79.1 Å². The predicted octanol–water partition coefficient (Wildman–Crippen LogP) is 0.118. The van der Waals surface area contributed by atoms with Crippen LogP contribution in [0.3, 0.4) is 0 Å². The van der Waals surface area contributed by atoms with E-state index in [-0.39, 0.29) is 42.0 Å². The van der Waals surface area contributed by atoms with E-state index >= 15 is 0 Å². The molecular weight excluding hydrogens is 330 g/mol. The molecule has 0 spiro atoms. The number of rotatable bonds is 14. The second-order valence-corrected chi connectivity index (χ2v) is 6.61. The number of hydrogen-bond donors (Lipinski definition) is 0. The molecule has 0 rings (SSSR count). The number of halogens is 1. The molecule has 6 heteroatoms. The van der Waals surface area contributed by atoms with Gasteiger partial charge in [-0.3, -0.25) is 0 Å². The Morgan fingerprint density at radius 1 is 0.818 bits per heavy atom. The van der Waals surface area contributed by atoms with Crippen LogP contribution in [0.4, 0.5) is 0 Å². The Labute approximate surface area is 167 Å². The molecule has 0 fully saturated rings. The fourth-order valence-electron chi connectivity index (χ4n) is 2.17. The molecule has 0 bridgehead atoms. The third-order valence-electron chi connectivity index (χ3n) is 3.92. The van der Waals surface area contributed by atoms with Gasteiger partial charge in [-0.15, -0.1) is 9.05 Å². The molecule has 0 aromatic heterocycles. The molecule has 0 aromatic carbocycles. The first-order valence-corrected chi connectivity index (χ1v) is 9.50. The Kier molecular flexibility index (Phi) is 26.0. The van der Waals surface area contributed by atoms with Crippen molar-refractivity contribution in [3.8, 4) is 0 Å². The molecule has 0 saturated heterocycles. The molecule has 0 heterocycles. The van der Waals surface area contributed by atoms with Gasteiger partial charge in [-0.05, 0) is 24.7 Å². The normalized spacial score (nSPS) is 13.7. The monoisotopic (exact) mass is 363 g/mol. The molecule has 0 aromatic rings. The van der Waals surface area contributed by atoms with Crippen LogP contribution >= 0.6 is 8.25 Å². The van der Waals surface area contributed by atoms with E-state index in [0.717, 1.165) is 25.7 Å². The summed E-state index contributed by atoms with van der Waals surface area (Å²) in [7, 11) is -1.94. The van der Waals surface area contributed by atoms with Crippen molar-refractivity contribution in [3.05, 3.63) is 0 Å². The van der Waals surface area contributed by atoms with E-state index in [0.29, 0.717) is 25.0 Å². The summed E-state index contributed by atoms with van der Waals surface area (Å²) >= 11 is 0. The van der Waals surface area contributed by atoms with E-state index < -0.39 is 8.25 Å². The molecule has 0 saturated carbocycles. The van der Waals surface area contributed by atoms with E-state index in [1.165, 1.54) is 25.7 Å². The second kappa shape index (κ2) is 20.4. The Morgan fingerprint density at radius 3 is 1.45 bits per heavy atom. The van der Waals surface area contributed by atoms with Gasteiger partial charge in [0.25, 0.3) is 0 Å². The molecule has 0 radical (unpaired) electrons. The Balaban J connectivity index is -0.00000180. The minimum Gasteiger partial charge on any atom is -1.00 e. The van der Waals surface area contributed by atoms with Crippen LogP contribution in [-0.4, -0.2) is 13.2 Å². The van der Waals surface area contributed by atoms with E-state index in [2.05, 4.69) is 27.7 Å². The Morgan fingerprint density at radius 2 is 1.18 bits per heavy atom. The van der Waals surface area contributed by atoms with Crippen LogP contribution in [0, 0.1) is 11.8 Å². The average Bonchev–Trinajstić information content (AvgIpc) is 2.47. The molecule has 22 heavy (non-hydrogen) atoms. The van der Waals surface area contributed by atoms with Crippen LogP contribution in [0.1, 0.15) is 79.1 Å². The van der Waals surface area contributed by atoms with Crippen molar-refractivity contribution in [2.75, 3.05) is 13.2 Å². The molecule has 3 nitrogen and oxygen atoms in total. The molecular formula is C16H34ClNaO3P+. The average molecular weight is 364 g/mol. The van der Waals surface area contributed by atoms with Crippen molar-refractivity contribution in [3.63, 3.8) is 0 Å². The van der Waals surface area contributed by atoms with Crippen molar-refractivity contribution < 1.29 is 55.6 Å². The van der Waals surface area contributed by atoms with E-state index in [1.807, 2.05) is 0 Å². The van der Waals surface area contributed by atoms with Gasteiger partial charge in [0, 0.05) is 4.57 Å². The molecule has 0 aliphatic carbocycles. The summed E-state index contributed by atoms with van der Waals surface area (Å²) in [4.78, 5) is 0. The van der Waals surface area contributed by atoms with Gasteiger partial charge < -0.3 is 12.4 Å². The largest absolute Gasteiger partial charge is 1.00 e. The van der Waals surface area contributed by atoms with Crippen molar-refractivity contribution in [1.82, 2.24) is 0 Å². The standard InChI is InChI=1S/C16H34O3P.ClH.Na/c1-5-9-11-15(7-3)13-18-20(17)19-14-16(8-4)12-10-6-2;;/h15-16H,5-14H2,1-4H3;1H;/q+1;;+1/p-1. The third-order valence-corrected chi connectivity index (χ3v) is 4.64. The maximum Gasteiger partial charge on any atom is 1.00 e. The minimum absolute atomic E-state index is 0. The third kappa shape index (κ3) is 16.2. The zero-order valence-electron chi connectivity index (χ0n) is 15.3. The van der Waals surface area contributed by atoms with Crippen molar-refractivity contribution >= 4 is 8.25 Å². The molecule has 0 aliphatic rings. The van der Waals surface area contributed by atoms with Crippen LogP contribution in [0.2, 0.25) is 0 Å². The van der Waals surface area contributed by atoms with Crippen LogP contribution in [0.5, 0.6) is 0 Å². The smallest absolute Gasteiger partial charge is 1.00 e. The maximum absolute atomic E-state index is 11.7. The second-order valence-electron chi connectivity index (χ2n) is 5.65. The summed E-state index contributed by atoms with van der Waals surface area (Å²) in [6.45, 7) is 9.84. The van der Waals surface area contributed by atoms with E-state index in [4.69, 9.17) is 9.05 Å². The summed E-state index contributed by atoms with van der Waals surface area (Å²) in [5.74, 6) is 1.03. The number of unbranched alkanes of at least 4 members (excludes halogenated alkanes) is 2. The van der Waals surface area contributed by atoms with Crippen LogP contribution < -0.4 is 42.0 Å². The minimum atomic E-state index is -1.94. The zero-order valence-corrected chi connectivity index (χ0v) is 18.9. The fraction of sp³-hybridized carbons (Fsp3) is 1.00. The summed E-state index contributed by atoms with van der Waals surface area (Å²) in [6, 6.07) is 0. The molecule has 0 amide bonds. The molecule has 0 aliphatic heterocycles. The first kappa shape index (κ1) is 28.1. The summed E-state index contributed by atoms with van der Waals surface area (Å²) in [5, 5.41) is 0. The van der Waals surface area contributed by atoms with Crippen LogP contribution in [0.15, 0.2) is 0 Å². The van der Waals surface area contributed by atoms with Gasteiger partial charge in [0.2, 0.25) is 0 Å². The molecule has 0 N–H and O–H groups in total. The van der Waals surface area contributed by atoms with Gasteiger partial charge in [-0.1, -0.05) is 66.2 Å². The predicted molar refractivity (Wildman–Crippen MR) is 86.1 cm³/mol. The van der Waals surface area contributed by atoms with Gasteiger partial charge in [0.05, 0.1) is 0 Å². The topological polar surface area (TPSA) is 35.5 Å². The number of hydrogen-bond acceptors (Lipinski definition) is 3.